The number of sulfonamides is 1. The summed E-state index contributed by atoms with van der Waals surface area (Å²) in [5, 5.41) is 9.63. The Bertz CT molecular complexity index is 805. The number of aliphatic hydroxyl groups is 1. The fourth-order valence-corrected chi connectivity index (χ4v) is 4.84. The third-order valence-electron chi connectivity index (χ3n) is 5.87. The molecule has 3 rings (SSSR count). The Kier molecular flexibility index (Phi) is 5.81. The second kappa shape index (κ2) is 7.57. The van der Waals surface area contributed by atoms with Crippen molar-refractivity contribution >= 4 is 22.6 Å². The Morgan fingerprint density at radius 1 is 1.18 bits per heavy atom. The molecule has 10 heteroatoms. The highest BCUT2D eigenvalue weighted by molar-refractivity contribution is 7.89. The first kappa shape index (κ1) is 21.5. The summed E-state index contributed by atoms with van der Waals surface area (Å²) in [5.41, 5.74) is -0.575. The minimum atomic E-state index is -3.86. The summed E-state index contributed by atoms with van der Waals surface area (Å²) in [6, 6.07) is 1.27. The van der Waals surface area contributed by atoms with E-state index in [0.717, 1.165) is 0 Å². The number of nitrogens with one attached hydrogen (secondary N) is 1. The van der Waals surface area contributed by atoms with E-state index in [-0.39, 0.29) is 22.9 Å². The summed E-state index contributed by atoms with van der Waals surface area (Å²) >= 11 is 0. The van der Waals surface area contributed by atoms with Crippen molar-refractivity contribution < 1.29 is 27.6 Å². The van der Waals surface area contributed by atoms with Gasteiger partial charge in [-0.05, 0) is 59.4 Å². The maximum absolute atomic E-state index is 13.0. The fraction of sp³-hybridized carbons (Fsp3) is 0.722. The van der Waals surface area contributed by atoms with Crippen LogP contribution in [0.4, 0.5) is 0 Å². The Labute approximate surface area is 167 Å². The highest BCUT2D eigenvalue weighted by Crippen LogP contribution is 2.36. The maximum atomic E-state index is 13.0. The van der Waals surface area contributed by atoms with E-state index in [1.807, 2.05) is 27.7 Å². The SMILES string of the molecule is COc1ncc(B2OC(C)(C)C(C)(C)O2)cc1S(=O)(=O)N[C@H]1CC[C@H](O)CC1. The number of methoxy groups -OCH3 is 1. The van der Waals surface area contributed by atoms with Crippen molar-refractivity contribution in [1.82, 2.24) is 9.71 Å². The molecule has 0 amide bonds. The highest BCUT2D eigenvalue weighted by Gasteiger charge is 2.52. The van der Waals surface area contributed by atoms with Crippen molar-refractivity contribution in [3.63, 3.8) is 0 Å². The first-order chi connectivity index (χ1) is 12.9. The molecular weight excluding hydrogens is 383 g/mol. The molecule has 0 unspecified atom stereocenters. The topological polar surface area (TPSA) is 107 Å². The summed E-state index contributed by atoms with van der Waals surface area (Å²) in [5.74, 6) is 0.0172. The van der Waals surface area contributed by atoms with E-state index in [2.05, 4.69) is 9.71 Å². The normalized spacial score (nSPS) is 27.0. The van der Waals surface area contributed by atoms with E-state index in [9.17, 15) is 13.5 Å². The smallest absolute Gasteiger partial charge is 0.480 e. The van der Waals surface area contributed by atoms with Gasteiger partial charge in [0, 0.05) is 17.7 Å². The molecule has 0 bridgehead atoms. The summed E-state index contributed by atoms with van der Waals surface area (Å²) in [6.45, 7) is 7.72. The van der Waals surface area contributed by atoms with Crippen molar-refractivity contribution in [3.8, 4) is 5.88 Å². The van der Waals surface area contributed by atoms with Gasteiger partial charge in [-0.15, -0.1) is 0 Å². The molecule has 2 N–H and O–H groups in total. The molecule has 2 heterocycles. The molecule has 1 aromatic rings. The largest absolute Gasteiger partial charge is 0.496 e. The van der Waals surface area contributed by atoms with Gasteiger partial charge in [0.15, 0.2) is 0 Å². The van der Waals surface area contributed by atoms with Crippen molar-refractivity contribution in [2.24, 2.45) is 0 Å². The molecular formula is C18H29BN2O6S. The highest BCUT2D eigenvalue weighted by atomic mass is 32.2. The summed E-state index contributed by atoms with van der Waals surface area (Å²) in [4.78, 5) is 4.12. The second-order valence-electron chi connectivity index (χ2n) is 8.49. The van der Waals surface area contributed by atoms with Crippen LogP contribution in [0.5, 0.6) is 5.88 Å². The van der Waals surface area contributed by atoms with Crippen LogP contribution in [0.1, 0.15) is 53.4 Å². The number of hydrogen-bond acceptors (Lipinski definition) is 7. The lowest BCUT2D eigenvalue weighted by Crippen LogP contribution is -2.41. The first-order valence-electron chi connectivity index (χ1n) is 9.55. The van der Waals surface area contributed by atoms with Crippen LogP contribution in [0.15, 0.2) is 17.2 Å². The van der Waals surface area contributed by atoms with Crippen molar-refractivity contribution in [1.29, 1.82) is 0 Å². The Morgan fingerprint density at radius 3 is 2.29 bits per heavy atom. The van der Waals surface area contributed by atoms with Crippen molar-refractivity contribution in [2.75, 3.05) is 7.11 Å². The van der Waals surface area contributed by atoms with Crippen LogP contribution in [-0.2, 0) is 19.3 Å². The van der Waals surface area contributed by atoms with Crippen molar-refractivity contribution in [3.05, 3.63) is 12.3 Å². The molecule has 28 heavy (non-hydrogen) atoms. The van der Waals surface area contributed by atoms with Gasteiger partial charge in [0.1, 0.15) is 4.90 Å². The second-order valence-corrected chi connectivity index (χ2v) is 10.2. The molecule has 0 atom stereocenters. The molecule has 1 aliphatic heterocycles. The molecule has 1 saturated heterocycles. The van der Waals surface area contributed by atoms with Crippen LogP contribution in [0.25, 0.3) is 0 Å². The molecule has 1 saturated carbocycles. The zero-order chi connectivity index (χ0) is 20.7. The summed E-state index contributed by atoms with van der Waals surface area (Å²) in [7, 11) is -3.20. The van der Waals surface area contributed by atoms with Crippen LogP contribution < -0.4 is 14.9 Å². The Balaban J connectivity index is 1.87. The fourth-order valence-electron chi connectivity index (χ4n) is 3.38. The van der Waals surface area contributed by atoms with Crippen LogP contribution in [0.3, 0.4) is 0 Å². The Hall–Kier alpha value is -1.20. The number of aromatic nitrogens is 1. The molecule has 2 fully saturated rings. The van der Waals surface area contributed by atoms with Crippen molar-refractivity contribution in [2.45, 2.75) is 81.6 Å². The van der Waals surface area contributed by atoms with Gasteiger partial charge in [-0.2, -0.15) is 0 Å². The number of nitrogens with zero attached hydrogens (tertiary/aromatic N) is 1. The van der Waals surface area contributed by atoms with Gasteiger partial charge in [0.25, 0.3) is 0 Å². The van der Waals surface area contributed by atoms with Gasteiger partial charge < -0.3 is 19.2 Å². The Morgan fingerprint density at radius 2 is 1.75 bits per heavy atom. The van der Waals surface area contributed by atoms with Gasteiger partial charge in [-0.1, -0.05) is 0 Å². The number of ether oxygens (including phenoxy) is 1. The lowest BCUT2D eigenvalue weighted by molar-refractivity contribution is 0.00578. The quantitative estimate of drug-likeness (QED) is 0.694. The van der Waals surface area contributed by atoms with Gasteiger partial charge in [0.05, 0.1) is 24.4 Å². The molecule has 2 aliphatic rings. The molecule has 0 radical (unpaired) electrons. The summed E-state index contributed by atoms with van der Waals surface area (Å²) in [6.07, 6.45) is 3.49. The zero-order valence-electron chi connectivity index (χ0n) is 17.1. The number of hydrogen-bond donors (Lipinski definition) is 2. The van der Waals surface area contributed by atoms with E-state index < -0.39 is 28.3 Å². The molecule has 1 aliphatic carbocycles. The summed E-state index contributed by atoms with van der Waals surface area (Å²) < 4.78 is 45.9. The minimum Gasteiger partial charge on any atom is -0.480 e. The lowest BCUT2D eigenvalue weighted by atomic mass is 9.80. The van der Waals surface area contributed by atoms with E-state index in [0.29, 0.717) is 31.1 Å². The van der Waals surface area contributed by atoms with E-state index in [4.69, 9.17) is 14.0 Å². The van der Waals surface area contributed by atoms with Crippen LogP contribution in [-0.4, -0.2) is 56.1 Å². The van der Waals surface area contributed by atoms with Gasteiger partial charge >= 0.3 is 7.12 Å². The van der Waals surface area contributed by atoms with E-state index >= 15 is 0 Å². The standard InChI is InChI=1S/C18H29BN2O6S/c1-17(2)18(3,4)27-19(26-17)12-10-15(16(25-5)20-11-12)28(23,24)21-13-6-8-14(22)9-7-13/h10-11,13-14,21-22H,6-9H2,1-5H3/t13-,14-. The average molecular weight is 412 g/mol. The molecule has 8 nitrogen and oxygen atoms in total. The van der Waals surface area contributed by atoms with E-state index in [1.165, 1.54) is 19.4 Å². The number of pyridine rings is 1. The van der Waals surface area contributed by atoms with Gasteiger partial charge in [-0.3, -0.25) is 0 Å². The average Bonchev–Trinajstić information content (AvgIpc) is 2.84. The minimum absolute atomic E-state index is 0.0172. The molecule has 1 aromatic heterocycles. The zero-order valence-corrected chi connectivity index (χ0v) is 17.9. The number of rotatable bonds is 5. The lowest BCUT2D eigenvalue weighted by Gasteiger charge is -2.32. The first-order valence-corrected chi connectivity index (χ1v) is 11.0. The molecule has 156 valence electrons. The predicted octanol–water partition coefficient (Wildman–Crippen LogP) is 0.971. The number of aliphatic hydroxyl groups excluding tert-OH is 1. The third-order valence-corrected chi connectivity index (χ3v) is 7.38. The van der Waals surface area contributed by atoms with Gasteiger partial charge in [0.2, 0.25) is 15.9 Å². The molecule has 0 spiro atoms. The third kappa shape index (κ3) is 4.21. The van der Waals surface area contributed by atoms with E-state index in [1.54, 1.807) is 0 Å². The predicted molar refractivity (Wildman–Crippen MR) is 105 cm³/mol. The molecule has 0 aromatic carbocycles. The van der Waals surface area contributed by atoms with Crippen LogP contribution in [0.2, 0.25) is 0 Å². The monoisotopic (exact) mass is 412 g/mol. The maximum Gasteiger partial charge on any atom is 0.496 e. The van der Waals surface area contributed by atoms with Crippen LogP contribution >= 0.6 is 0 Å². The van der Waals surface area contributed by atoms with Crippen LogP contribution in [0, 0.1) is 0 Å². The van der Waals surface area contributed by atoms with Gasteiger partial charge in [-0.25, -0.2) is 18.1 Å².